The van der Waals surface area contributed by atoms with E-state index in [0.29, 0.717) is 0 Å². The van der Waals surface area contributed by atoms with Crippen LogP contribution in [0.4, 0.5) is 0 Å². The van der Waals surface area contributed by atoms with E-state index in [4.69, 9.17) is 10.5 Å². The van der Waals surface area contributed by atoms with E-state index in [2.05, 4.69) is 5.32 Å². The van der Waals surface area contributed by atoms with Gasteiger partial charge >= 0.3 is 0 Å². The number of amides is 1. The van der Waals surface area contributed by atoms with Crippen molar-refractivity contribution in [3.05, 3.63) is 29.8 Å². The SMILES string of the molecule is COc1ccc(C(C)NC(=O)C2CCC(N)C2)cc1. The number of nitrogens with two attached hydrogens (primary N) is 1. The molecule has 1 aromatic rings. The predicted octanol–water partition coefficient (Wildman–Crippen LogP) is 2.00. The monoisotopic (exact) mass is 262 g/mol. The van der Waals surface area contributed by atoms with Gasteiger partial charge in [-0.15, -0.1) is 0 Å². The second-order valence-electron chi connectivity index (χ2n) is 5.27. The fourth-order valence-corrected chi connectivity index (χ4v) is 2.56. The van der Waals surface area contributed by atoms with Crippen LogP contribution in [0.5, 0.6) is 5.75 Å². The van der Waals surface area contributed by atoms with E-state index in [-0.39, 0.29) is 23.9 Å². The van der Waals surface area contributed by atoms with Gasteiger partial charge in [0.15, 0.2) is 0 Å². The summed E-state index contributed by atoms with van der Waals surface area (Å²) < 4.78 is 5.12. The molecule has 3 atom stereocenters. The van der Waals surface area contributed by atoms with Crippen molar-refractivity contribution in [1.82, 2.24) is 5.32 Å². The molecule has 1 amide bonds. The van der Waals surface area contributed by atoms with E-state index in [0.717, 1.165) is 30.6 Å². The van der Waals surface area contributed by atoms with Crippen molar-refractivity contribution in [3.63, 3.8) is 0 Å². The molecule has 0 radical (unpaired) electrons. The number of hydrogen-bond acceptors (Lipinski definition) is 3. The summed E-state index contributed by atoms with van der Waals surface area (Å²) >= 11 is 0. The molecule has 0 saturated heterocycles. The Morgan fingerprint density at radius 3 is 2.58 bits per heavy atom. The van der Waals surface area contributed by atoms with E-state index in [1.54, 1.807) is 7.11 Å². The van der Waals surface area contributed by atoms with Crippen LogP contribution in [0.2, 0.25) is 0 Å². The molecule has 0 spiro atoms. The van der Waals surface area contributed by atoms with Gasteiger partial charge in [-0.1, -0.05) is 12.1 Å². The molecule has 4 nitrogen and oxygen atoms in total. The molecule has 1 fully saturated rings. The van der Waals surface area contributed by atoms with Crippen LogP contribution in [0, 0.1) is 5.92 Å². The largest absolute Gasteiger partial charge is 0.497 e. The van der Waals surface area contributed by atoms with Crippen LogP contribution in [-0.4, -0.2) is 19.1 Å². The Labute approximate surface area is 114 Å². The molecule has 0 bridgehead atoms. The lowest BCUT2D eigenvalue weighted by molar-refractivity contribution is -0.125. The maximum Gasteiger partial charge on any atom is 0.223 e. The maximum atomic E-state index is 12.1. The van der Waals surface area contributed by atoms with Gasteiger partial charge in [0.25, 0.3) is 0 Å². The molecule has 0 heterocycles. The molecule has 1 aliphatic rings. The highest BCUT2D eigenvalue weighted by Gasteiger charge is 2.28. The van der Waals surface area contributed by atoms with Gasteiger partial charge in [-0.05, 0) is 43.9 Å². The average Bonchev–Trinajstić information content (AvgIpc) is 2.85. The summed E-state index contributed by atoms with van der Waals surface area (Å²) in [6, 6.07) is 7.96. The minimum atomic E-state index is 0.00947. The van der Waals surface area contributed by atoms with Gasteiger partial charge in [0, 0.05) is 12.0 Å². The fourth-order valence-electron chi connectivity index (χ4n) is 2.56. The summed E-state index contributed by atoms with van der Waals surface area (Å²) in [5, 5.41) is 3.06. The van der Waals surface area contributed by atoms with Crippen molar-refractivity contribution in [2.75, 3.05) is 7.11 Å². The molecule has 19 heavy (non-hydrogen) atoms. The van der Waals surface area contributed by atoms with Crippen LogP contribution in [0.3, 0.4) is 0 Å². The lowest BCUT2D eigenvalue weighted by Crippen LogP contribution is -2.32. The van der Waals surface area contributed by atoms with Crippen molar-refractivity contribution in [3.8, 4) is 5.75 Å². The number of hydrogen-bond donors (Lipinski definition) is 2. The summed E-state index contributed by atoms with van der Waals surface area (Å²) in [5.74, 6) is 1.02. The molecule has 3 N–H and O–H groups in total. The Balaban J connectivity index is 1.92. The van der Waals surface area contributed by atoms with Gasteiger partial charge in [0.05, 0.1) is 13.2 Å². The Kier molecular flexibility index (Phi) is 4.43. The van der Waals surface area contributed by atoms with Gasteiger partial charge in [-0.2, -0.15) is 0 Å². The Bertz CT molecular complexity index is 430. The number of carbonyl (C=O) groups is 1. The van der Waals surface area contributed by atoms with Crippen molar-refractivity contribution in [2.45, 2.75) is 38.3 Å². The third-order valence-corrected chi connectivity index (χ3v) is 3.82. The minimum Gasteiger partial charge on any atom is -0.497 e. The molecule has 3 unspecified atom stereocenters. The quantitative estimate of drug-likeness (QED) is 0.872. The summed E-state index contributed by atoms with van der Waals surface area (Å²) in [5.41, 5.74) is 6.92. The summed E-state index contributed by atoms with van der Waals surface area (Å²) in [7, 11) is 1.64. The van der Waals surface area contributed by atoms with Crippen LogP contribution >= 0.6 is 0 Å². The van der Waals surface area contributed by atoms with E-state index >= 15 is 0 Å². The van der Waals surface area contributed by atoms with Crippen LogP contribution in [0.1, 0.15) is 37.8 Å². The minimum absolute atomic E-state index is 0.00947. The molecule has 104 valence electrons. The van der Waals surface area contributed by atoms with Crippen molar-refractivity contribution < 1.29 is 9.53 Å². The highest BCUT2D eigenvalue weighted by Crippen LogP contribution is 2.25. The van der Waals surface area contributed by atoms with E-state index in [1.165, 1.54) is 0 Å². The number of methoxy groups -OCH3 is 1. The first-order chi connectivity index (χ1) is 9.10. The number of nitrogens with one attached hydrogen (secondary N) is 1. The molecule has 1 aromatic carbocycles. The third-order valence-electron chi connectivity index (χ3n) is 3.82. The number of benzene rings is 1. The van der Waals surface area contributed by atoms with E-state index in [9.17, 15) is 4.79 Å². The topological polar surface area (TPSA) is 64.3 Å². The van der Waals surface area contributed by atoms with Crippen LogP contribution < -0.4 is 15.8 Å². The third kappa shape index (κ3) is 3.47. The molecule has 4 heteroatoms. The van der Waals surface area contributed by atoms with Crippen LogP contribution in [-0.2, 0) is 4.79 Å². The number of carbonyl (C=O) groups excluding carboxylic acids is 1. The average molecular weight is 262 g/mol. The van der Waals surface area contributed by atoms with Crippen molar-refractivity contribution >= 4 is 5.91 Å². The standard InChI is InChI=1S/C15H22N2O2/c1-10(11-4-7-14(19-2)8-5-11)17-15(18)12-3-6-13(16)9-12/h4-5,7-8,10,12-13H,3,6,9,16H2,1-2H3,(H,17,18). The highest BCUT2D eigenvalue weighted by atomic mass is 16.5. The maximum absolute atomic E-state index is 12.1. The van der Waals surface area contributed by atoms with Crippen LogP contribution in [0.25, 0.3) is 0 Å². The zero-order valence-electron chi connectivity index (χ0n) is 11.6. The smallest absolute Gasteiger partial charge is 0.223 e. The van der Waals surface area contributed by atoms with Gasteiger partial charge in [-0.3, -0.25) is 4.79 Å². The van der Waals surface area contributed by atoms with E-state index in [1.807, 2.05) is 31.2 Å². The first kappa shape index (κ1) is 13.9. The fraction of sp³-hybridized carbons (Fsp3) is 0.533. The lowest BCUT2D eigenvalue weighted by atomic mass is 10.0. The lowest BCUT2D eigenvalue weighted by Gasteiger charge is -2.17. The summed E-state index contributed by atoms with van der Waals surface area (Å²) in [4.78, 5) is 12.1. The van der Waals surface area contributed by atoms with Gasteiger partial charge in [-0.25, -0.2) is 0 Å². The zero-order valence-corrected chi connectivity index (χ0v) is 11.6. The predicted molar refractivity (Wildman–Crippen MR) is 74.9 cm³/mol. The summed E-state index contributed by atoms with van der Waals surface area (Å²) in [6.45, 7) is 1.99. The second kappa shape index (κ2) is 6.06. The Morgan fingerprint density at radius 2 is 2.05 bits per heavy atom. The molecule has 1 saturated carbocycles. The van der Waals surface area contributed by atoms with Gasteiger partial charge in [0.1, 0.15) is 5.75 Å². The van der Waals surface area contributed by atoms with Gasteiger partial charge < -0.3 is 15.8 Å². The summed E-state index contributed by atoms with van der Waals surface area (Å²) in [6.07, 6.45) is 2.67. The van der Waals surface area contributed by atoms with Crippen LogP contribution in [0.15, 0.2) is 24.3 Å². The number of rotatable bonds is 4. The van der Waals surface area contributed by atoms with Crippen molar-refractivity contribution in [2.24, 2.45) is 11.7 Å². The van der Waals surface area contributed by atoms with Gasteiger partial charge in [0.2, 0.25) is 5.91 Å². The zero-order chi connectivity index (χ0) is 13.8. The second-order valence-corrected chi connectivity index (χ2v) is 5.27. The van der Waals surface area contributed by atoms with E-state index < -0.39 is 0 Å². The first-order valence-electron chi connectivity index (χ1n) is 6.80. The molecule has 1 aliphatic carbocycles. The normalized spacial score (nSPS) is 23.9. The number of ether oxygens (including phenoxy) is 1. The molecule has 0 aliphatic heterocycles. The first-order valence-corrected chi connectivity index (χ1v) is 6.80. The molecular formula is C15H22N2O2. The molecule has 0 aromatic heterocycles. The molecular weight excluding hydrogens is 240 g/mol. The molecule has 2 rings (SSSR count). The Hall–Kier alpha value is -1.55. The highest BCUT2D eigenvalue weighted by molar-refractivity contribution is 5.79. The Morgan fingerprint density at radius 1 is 1.37 bits per heavy atom. The van der Waals surface area contributed by atoms with Crippen molar-refractivity contribution in [1.29, 1.82) is 0 Å².